The van der Waals surface area contributed by atoms with Gasteiger partial charge in [0.25, 0.3) is 0 Å². The highest BCUT2D eigenvalue weighted by molar-refractivity contribution is 5.99. The second-order valence-electron chi connectivity index (χ2n) is 7.08. The molecule has 0 radical (unpaired) electrons. The molecule has 0 aromatic carbocycles. The van der Waals surface area contributed by atoms with Crippen LogP contribution in [-0.2, 0) is 9.59 Å². The first-order valence-electron chi connectivity index (χ1n) is 8.40. The largest absolute Gasteiger partial charge is 0.296 e. The fraction of sp³-hybridized carbons (Fsp3) is 0.882. The van der Waals surface area contributed by atoms with Crippen LogP contribution in [0.4, 0.5) is 0 Å². The van der Waals surface area contributed by atoms with E-state index in [0.29, 0.717) is 12.3 Å². The summed E-state index contributed by atoms with van der Waals surface area (Å²) in [5.74, 6) is 0.497. The Bertz CT molecular complexity index is 360. The van der Waals surface area contributed by atoms with E-state index in [9.17, 15) is 9.59 Å². The summed E-state index contributed by atoms with van der Waals surface area (Å²) in [6, 6.07) is 0. The summed E-state index contributed by atoms with van der Waals surface area (Å²) in [6.07, 6.45) is 11.2. The quantitative estimate of drug-likeness (QED) is 0.593. The standard InChI is InChI=1S/C17H29NO2/c1-3-4-5-8-11-17(2)12-14(19)18-16(20)15(17)13-9-6-7-10-13/h13,15H,3-12H2,1-2H3,(H,18,19,20). The molecule has 1 aliphatic carbocycles. The van der Waals surface area contributed by atoms with Crippen LogP contribution in [0.3, 0.4) is 0 Å². The maximum Gasteiger partial charge on any atom is 0.230 e. The minimum absolute atomic E-state index is 0.00569. The highest BCUT2D eigenvalue weighted by atomic mass is 16.2. The fourth-order valence-electron chi connectivity index (χ4n) is 4.33. The number of carbonyl (C=O) groups excluding carboxylic acids is 2. The van der Waals surface area contributed by atoms with Crippen molar-refractivity contribution in [3.63, 3.8) is 0 Å². The minimum Gasteiger partial charge on any atom is -0.296 e. The summed E-state index contributed by atoms with van der Waals surface area (Å²) in [7, 11) is 0. The fourth-order valence-corrected chi connectivity index (χ4v) is 4.33. The number of rotatable bonds is 6. The third-order valence-corrected chi connectivity index (χ3v) is 5.33. The third kappa shape index (κ3) is 3.42. The monoisotopic (exact) mass is 279 g/mol. The van der Waals surface area contributed by atoms with Gasteiger partial charge in [-0.15, -0.1) is 0 Å². The maximum atomic E-state index is 12.4. The molecule has 0 aromatic rings. The summed E-state index contributed by atoms with van der Waals surface area (Å²) in [5.41, 5.74) is -0.109. The Morgan fingerprint density at radius 2 is 1.85 bits per heavy atom. The van der Waals surface area contributed by atoms with Crippen molar-refractivity contribution in [1.29, 1.82) is 0 Å². The van der Waals surface area contributed by atoms with Crippen LogP contribution in [0, 0.1) is 17.3 Å². The predicted octanol–water partition coefficient (Wildman–Crippen LogP) is 3.82. The molecule has 1 N–H and O–H groups in total. The number of imide groups is 1. The third-order valence-electron chi connectivity index (χ3n) is 5.33. The average Bonchev–Trinajstić information content (AvgIpc) is 2.87. The molecule has 1 saturated heterocycles. The van der Waals surface area contributed by atoms with Crippen LogP contribution in [-0.4, -0.2) is 11.8 Å². The van der Waals surface area contributed by atoms with E-state index in [0.717, 1.165) is 25.7 Å². The molecule has 3 heteroatoms. The first-order chi connectivity index (χ1) is 9.57. The van der Waals surface area contributed by atoms with Gasteiger partial charge in [0.15, 0.2) is 0 Å². The van der Waals surface area contributed by atoms with Crippen LogP contribution in [0.5, 0.6) is 0 Å². The van der Waals surface area contributed by atoms with Crippen LogP contribution < -0.4 is 5.32 Å². The molecule has 2 fully saturated rings. The van der Waals surface area contributed by atoms with Crippen molar-refractivity contribution < 1.29 is 9.59 Å². The molecule has 2 unspecified atom stereocenters. The van der Waals surface area contributed by atoms with Gasteiger partial charge in [0.2, 0.25) is 11.8 Å². The summed E-state index contributed by atoms with van der Waals surface area (Å²) in [6.45, 7) is 4.39. The number of unbranched alkanes of at least 4 members (excludes halogenated alkanes) is 3. The number of amides is 2. The molecule has 20 heavy (non-hydrogen) atoms. The molecule has 1 heterocycles. The lowest BCUT2D eigenvalue weighted by atomic mass is 9.63. The second kappa shape index (κ2) is 6.73. The van der Waals surface area contributed by atoms with Gasteiger partial charge in [0.1, 0.15) is 0 Å². The van der Waals surface area contributed by atoms with E-state index in [1.54, 1.807) is 0 Å². The van der Waals surface area contributed by atoms with Gasteiger partial charge in [-0.2, -0.15) is 0 Å². The number of piperidine rings is 1. The van der Waals surface area contributed by atoms with Gasteiger partial charge in [-0.3, -0.25) is 14.9 Å². The predicted molar refractivity (Wildman–Crippen MR) is 80.1 cm³/mol. The van der Waals surface area contributed by atoms with E-state index in [1.165, 1.54) is 32.1 Å². The highest BCUT2D eigenvalue weighted by Crippen LogP contribution is 2.47. The first kappa shape index (κ1) is 15.5. The highest BCUT2D eigenvalue weighted by Gasteiger charge is 2.48. The summed E-state index contributed by atoms with van der Waals surface area (Å²) in [5, 5.41) is 2.59. The molecular weight excluding hydrogens is 250 g/mol. The van der Waals surface area contributed by atoms with Crippen molar-refractivity contribution in [3.8, 4) is 0 Å². The van der Waals surface area contributed by atoms with Crippen molar-refractivity contribution in [1.82, 2.24) is 5.32 Å². The topological polar surface area (TPSA) is 46.2 Å². The molecule has 3 nitrogen and oxygen atoms in total. The Morgan fingerprint density at radius 1 is 1.15 bits per heavy atom. The molecule has 0 aromatic heterocycles. The van der Waals surface area contributed by atoms with Crippen molar-refractivity contribution >= 4 is 11.8 Å². The summed E-state index contributed by atoms with van der Waals surface area (Å²) < 4.78 is 0. The van der Waals surface area contributed by atoms with Gasteiger partial charge in [0.05, 0.1) is 0 Å². The molecule has 0 bridgehead atoms. The maximum absolute atomic E-state index is 12.4. The minimum atomic E-state index is -0.109. The lowest BCUT2D eigenvalue weighted by Gasteiger charge is -2.43. The zero-order valence-electron chi connectivity index (χ0n) is 13.0. The Labute approximate surface area is 122 Å². The molecule has 114 valence electrons. The van der Waals surface area contributed by atoms with Crippen LogP contribution in [0.25, 0.3) is 0 Å². The second-order valence-corrected chi connectivity index (χ2v) is 7.08. The van der Waals surface area contributed by atoms with Gasteiger partial charge >= 0.3 is 0 Å². The molecule has 2 atom stereocenters. The molecule has 1 saturated carbocycles. The lowest BCUT2D eigenvalue weighted by Crippen LogP contribution is -2.53. The van der Waals surface area contributed by atoms with Crippen molar-refractivity contribution in [2.24, 2.45) is 17.3 Å². The van der Waals surface area contributed by atoms with Crippen LogP contribution in [0.2, 0.25) is 0 Å². The Morgan fingerprint density at radius 3 is 2.50 bits per heavy atom. The SMILES string of the molecule is CCCCCCC1(C)CC(=O)NC(=O)C1C1CCCC1. The van der Waals surface area contributed by atoms with E-state index in [4.69, 9.17) is 0 Å². The smallest absolute Gasteiger partial charge is 0.230 e. The van der Waals surface area contributed by atoms with Crippen molar-refractivity contribution in [3.05, 3.63) is 0 Å². The van der Waals surface area contributed by atoms with Gasteiger partial charge < -0.3 is 0 Å². The van der Waals surface area contributed by atoms with Crippen LogP contribution >= 0.6 is 0 Å². The number of hydrogen-bond acceptors (Lipinski definition) is 2. The van der Waals surface area contributed by atoms with E-state index >= 15 is 0 Å². The first-order valence-corrected chi connectivity index (χ1v) is 8.40. The molecule has 1 aliphatic heterocycles. The van der Waals surface area contributed by atoms with E-state index in [-0.39, 0.29) is 23.1 Å². The van der Waals surface area contributed by atoms with Gasteiger partial charge in [-0.1, -0.05) is 52.4 Å². The van der Waals surface area contributed by atoms with E-state index in [2.05, 4.69) is 19.2 Å². The Balaban J connectivity index is 2.06. The zero-order chi connectivity index (χ0) is 14.6. The van der Waals surface area contributed by atoms with Gasteiger partial charge in [-0.05, 0) is 30.6 Å². The number of nitrogens with one attached hydrogen (secondary N) is 1. The number of hydrogen-bond donors (Lipinski definition) is 1. The van der Waals surface area contributed by atoms with Gasteiger partial charge in [0, 0.05) is 12.3 Å². The Kier molecular flexibility index (Phi) is 5.22. The van der Waals surface area contributed by atoms with Crippen LogP contribution in [0.1, 0.15) is 78.1 Å². The van der Waals surface area contributed by atoms with E-state index < -0.39 is 0 Å². The molecule has 2 rings (SSSR count). The molecule has 0 spiro atoms. The zero-order valence-corrected chi connectivity index (χ0v) is 13.0. The van der Waals surface area contributed by atoms with Crippen LogP contribution in [0.15, 0.2) is 0 Å². The summed E-state index contributed by atoms with van der Waals surface area (Å²) >= 11 is 0. The average molecular weight is 279 g/mol. The molecular formula is C17H29NO2. The molecule has 2 aliphatic rings. The molecule has 2 amide bonds. The normalized spacial score (nSPS) is 31.6. The van der Waals surface area contributed by atoms with Crippen molar-refractivity contribution in [2.45, 2.75) is 78.1 Å². The van der Waals surface area contributed by atoms with Crippen molar-refractivity contribution in [2.75, 3.05) is 0 Å². The number of carbonyl (C=O) groups is 2. The lowest BCUT2D eigenvalue weighted by molar-refractivity contribution is -0.146. The van der Waals surface area contributed by atoms with E-state index in [1.807, 2.05) is 0 Å². The Hall–Kier alpha value is -0.860. The van der Waals surface area contributed by atoms with Gasteiger partial charge in [-0.25, -0.2) is 0 Å². The summed E-state index contributed by atoms with van der Waals surface area (Å²) in [4.78, 5) is 24.2.